The molecule has 0 spiro atoms. The van der Waals surface area contributed by atoms with Gasteiger partial charge in [0.05, 0.1) is 12.7 Å². The Morgan fingerprint density at radius 2 is 1.91 bits per heavy atom. The molecule has 2 aromatic rings. The molecule has 2 rings (SSSR count). The Kier molecular flexibility index (Phi) is 5.68. The van der Waals surface area contributed by atoms with E-state index < -0.39 is 12.0 Å². The molecule has 2 amide bonds. The second kappa shape index (κ2) is 7.93. The van der Waals surface area contributed by atoms with E-state index in [1.54, 1.807) is 30.3 Å². The zero-order chi connectivity index (χ0) is 16.7. The molecule has 120 valence electrons. The van der Waals surface area contributed by atoms with Crippen molar-refractivity contribution in [2.75, 3.05) is 19.0 Å². The highest BCUT2D eigenvalue weighted by Crippen LogP contribution is 2.11. The van der Waals surface area contributed by atoms with Crippen molar-refractivity contribution in [1.29, 1.82) is 0 Å². The predicted molar refractivity (Wildman–Crippen MR) is 84.9 cm³/mol. The Morgan fingerprint density at radius 3 is 2.65 bits per heavy atom. The molecule has 0 aliphatic carbocycles. The van der Waals surface area contributed by atoms with Crippen LogP contribution < -0.4 is 10.6 Å². The molecule has 23 heavy (non-hydrogen) atoms. The Hall–Kier alpha value is -2.89. The zero-order valence-electron chi connectivity index (χ0n) is 12.6. The maximum atomic E-state index is 13.0. The van der Waals surface area contributed by atoms with E-state index in [0.717, 1.165) is 5.56 Å². The van der Waals surface area contributed by atoms with Gasteiger partial charge in [-0.05, 0) is 42.3 Å². The topological polar surface area (TPSA) is 67.4 Å². The van der Waals surface area contributed by atoms with Crippen LogP contribution >= 0.6 is 0 Å². The summed E-state index contributed by atoms with van der Waals surface area (Å²) in [7, 11) is 1.29. The molecule has 0 unspecified atom stereocenters. The minimum atomic E-state index is -0.472. The van der Waals surface area contributed by atoms with Gasteiger partial charge in [0.2, 0.25) is 0 Å². The van der Waals surface area contributed by atoms with E-state index in [2.05, 4.69) is 15.4 Å². The van der Waals surface area contributed by atoms with Crippen molar-refractivity contribution in [1.82, 2.24) is 5.32 Å². The number of anilines is 1. The summed E-state index contributed by atoms with van der Waals surface area (Å²) in [5.74, 6) is -0.772. The van der Waals surface area contributed by atoms with Crippen molar-refractivity contribution in [2.45, 2.75) is 6.42 Å². The number of nitrogens with one attached hydrogen (secondary N) is 2. The summed E-state index contributed by atoms with van der Waals surface area (Å²) in [6.45, 7) is 0.367. The standard InChI is InChI=1S/C17H17FN2O3/c1-23-16(21)13-5-3-7-15(11-13)20-17(22)19-9-8-12-4-2-6-14(18)10-12/h2-7,10-11H,8-9H2,1H3,(H2,19,20,22). The lowest BCUT2D eigenvalue weighted by molar-refractivity contribution is 0.0600. The first-order chi connectivity index (χ1) is 11.1. The van der Waals surface area contributed by atoms with Crippen LogP contribution in [0.25, 0.3) is 0 Å². The van der Waals surface area contributed by atoms with Crippen LogP contribution in [0.5, 0.6) is 0 Å². The number of carbonyl (C=O) groups is 2. The lowest BCUT2D eigenvalue weighted by Crippen LogP contribution is -2.30. The van der Waals surface area contributed by atoms with Gasteiger partial charge in [-0.2, -0.15) is 0 Å². The third-order valence-electron chi connectivity index (χ3n) is 3.13. The summed E-state index contributed by atoms with van der Waals surface area (Å²) in [6, 6.07) is 12.3. The monoisotopic (exact) mass is 316 g/mol. The van der Waals surface area contributed by atoms with Crippen LogP contribution in [0.1, 0.15) is 15.9 Å². The Morgan fingerprint density at radius 1 is 1.13 bits per heavy atom. The number of amides is 2. The first kappa shape index (κ1) is 16.5. The minimum absolute atomic E-state index is 0.299. The number of hydrogen-bond acceptors (Lipinski definition) is 3. The molecule has 0 fully saturated rings. The highest BCUT2D eigenvalue weighted by molar-refractivity contribution is 5.93. The van der Waals surface area contributed by atoms with Gasteiger partial charge >= 0.3 is 12.0 Å². The van der Waals surface area contributed by atoms with E-state index in [9.17, 15) is 14.0 Å². The lowest BCUT2D eigenvalue weighted by Gasteiger charge is -2.08. The van der Waals surface area contributed by atoms with Crippen molar-refractivity contribution in [3.05, 3.63) is 65.5 Å². The van der Waals surface area contributed by atoms with Crippen molar-refractivity contribution < 1.29 is 18.7 Å². The van der Waals surface area contributed by atoms with Crippen LogP contribution in [0, 0.1) is 5.82 Å². The van der Waals surface area contributed by atoms with E-state index >= 15 is 0 Å². The van der Waals surface area contributed by atoms with Crippen LogP contribution in [0.4, 0.5) is 14.9 Å². The summed E-state index contributed by atoms with van der Waals surface area (Å²) < 4.78 is 17.7. The summed E-state index contributed by atoms with van der Waals surface area (Å²) in [5, 5.41) is 5.30. The first-order valence-electron chi connectivity index (χ1n) is 7.06. The van der Waals surface area contributed by atoms with Gasteiger partial charge in [0.15, 0.2) is 0 Å². The van der Waals surface area contributed by atoms with E-state index in [4.69, 9.17) is 0 Å². The number of esters is 1. The van der Waals surface area contributed by atoms with Crippen LogP contribution in [-0.4, -0.2) is 25.7 Å². The van der Waals surface area contributed by atoms with Gasteiger partial charge in [-0.1, -0.05) is 18.2 Å². The SMILES string of the molecule is COC(=O)c1cccc(NC(=O)NCCc2cccc(F)c2)c1. The van der Waals surface area contributed by atoms with Gasteiger partial charge in [0.1, 0.15) is 5.82 Å². The van der Waals surface area contributed by atoms with Crippen molar-refractivity contribution in [3.63, 3.8) is 0 Å². The molecular weight excluding hydrogens is 299 g/mol. The molecule has 0 heterocycles. The smallest absolute Gasteiger partial charge is 0.337 e. The number of hydrogen-bond donors (Lipinski definition) is 2. The van der Waals surface area contributed by atoms with Crippen LogP contribution in [0.3, 0.4) is 0 Å². The molecule has 0 atom stereocenters. The molecule has 5 nitrogen and oxygen atoms in total. The lowest BCUT2D eigenvalue weighted by atomic mass is 10.1. The van der Waals surface area contributed by atoms with Gasteiger partial charge in [-0.3, -0.25) is 0 Å². The highest BCUT2D eigenvalue weighted by Gasteiger charge is 2.07. The zero-order valence-corrected chi connectivity index (χ0v) is 12.6. The molecule has 0 saturated carbocycles. The molecule has 0 saturated heterocycles. The third kappa shape index (κ3) is 5.10. The van der Waals surface area contributed by atoms with E-state index in [1.807, 2.05) is 0 Å². The number of carbonyl (C=O) groups excluding carboxylic acids is 2. The van der Waals surface area contributed by atoms with Gasteiger partial charge in [0.25, 0.3) is 0 Å². The molecular formula is C17H17FN2O3. The Labute approximate surface area is 133 Å². The molecule has 0 aliphatic heterocycles. The molecule has 2 aromatic carbocycles. The Balaban J connectivity index is 1.84. The fraction of sp³-hybridized carbons (Fsp3) is 0.176. The van der Waals surface area contributed by atoms with Crippen molar-refractivity contribution >= 4 is 17.7 Å². The first-order valence-corrected chi connectivity index (χ1v) is 7.06. The van der Waals surface area contributed by atoms with Crippen molar-refractivity contribution in [2.24, 2.45) is 0 Å². The second-order valence-electron chi connectivity index (χ2n) is 4.83. The molecule has 0 bridgehead atoms. The molecule has 0 aliphatic rings. The molecule has 6 heteroatoms. The second-order valence-corrected chi connectivity index (χ2v) is 4.83. The largest absolute Gasteiger partial charge is 0.465 e. The summed E-state index contributed by atoms with van der Waals surface area (Å²) in [4.78, 5) is 23.2. The van der Waals surface area contributed by atoms with E-state index in [1.165, 1.54) is 25.3 Å². The van der Waals surface area contributed by atoms with Gasteiger partial charge in [-0.25, -0.2) is 14.0 Å². The Bertz CT molecular complexity index is 704. The van der Waals surface area contributed by atoms with Gasteiger partial charge in [0, 0.05) is 12.2 Å². The third-order valence-corrected chi connectivity index (χ3v) is 3.13. The maximum Gasteiger partial charge on any atom is 0.337 e. The van der Waals surface area contributed by atoms with E-state index in [-0.39, 0.29) is 5.82 Å². The molecule has 2 N–H and O–H groups in total. The average Bonchev–Trinajstić information content (AvgIpc) is 2.54. The maximum absolute atomic E-state index is 13.0. The number of urea groups is 1. The van der Waals surface area contributed by atoms with Crippen LogP contribution in [-0.2, 0) is 11.2 Å². The fourth-order valence-corrected chi connectivity index (χ4v) is 2.03. The van der Waals surface area contributed by atoms with Crippen molar-refractivity contribution in [3.8, 4) is 0 Å². The van der Waals surface area contributed by atoms with Gasteiger partial charge in [-0.15, -0.1) is 0 Å². The summed E-state index contributed by atoms with van der Waals surface area (Å²) >= 11 is 0. The summed E-state index contributed by atoms with van der Waals surface area (Å²) in [5.41, 5.74) is 1.64. The summed E-state index contributed by atoms with van der Waals surface area (Å²) in [6.07, 6.45) is 0.521. The fourth-order valence-electron chi connectivity index (χ4n) is 2.03. The number of halogens is 1. The number of benzene rings is 2. The highest BCUT2D eigenvalue weighted by atomic mass is 19.1. The van der Waals surface area contributed by atoms with Crippen LogP contribution in [0.15, 0.2) is 48.5 Å². The number of rotatable bonds is 5. The minimum Gasteiger partial charge on any atom is -0.465 e. The number of methoxy groups -OCH3 is 1. The quantitative estimate of drug-likeness (QED) is 0.833. The molecule has 0 aromatic heterocycles. The van der Waals surface area contributed by atoms with Crippen LogP contribution in [0.2, 0.25) is 0 Å². The normalized spacial score (nSPS) is 10.0. The number of ether oxygens (including phenoxy) is 1. The van der Waals surface area contributed by atoms with E-state index in [0.29, 0.717) is 24.2 Å². The van der Waals surface area contributed by atoms with Gasteiger partial charge < -0.3 is 15.4 Å². The predicted octanol–water partition coefficient (Wildman–Crippen LogP) is 2.98. The average molecular weight is 316 g/mol. The molecule has 0 radical (unpaired) electrons.